The number of carbonyl (C=O) groups is 1. The number of hydrogen-bond acceptors (Lipinski definition) is 3. The van der Waals surface area contributed by atoms with Crippen LogP contribution in [-0.4, -0.2) is 15.5 Å². The zero-order chi connectivity index (χ0) is 20.8. The standard InChI is InChI=1S/C24H16BrN3O2/c1-14-6-2-5-9-21(14)28-22(26-19-8-4-3-7-16(19)24(28)30)13-18-17-12-15(25)10-11-20(17)27-23(18)29/h2-13H,1H3,(H,27,29). The zero-order valence-corrected chi connectivity index (χ0v) is 17.6. The highest BCUT2D eigenvalue weighted by Gasteiger charge is 2.25. The fourth-order valence-electron chi connectivity index (χ4n) is 3.73. The van der Waals surface area contributed by atoms with Gasteiger partial charge < -0.3 is 5.32 Å². The third-order valence-electron chi connectivity index (χ3n) is 5.20. The molecule has 1 N–H and O–H groups in total. The topological polar surface area (TPSA) is 64.0 Å². The molecule has 1 amide bonds. The van der Waals surface area contributed by atoms with Crippen molar-refractivity contribution in [2.24, 2.45) is 0 Å². The molecule has 1 aromatic heterocycles. The Hall–Kier alpha value is -3.51. The van der Waals surface area contributed by atoms with Crippen LogP contribution in [0, 0.1) is 6.92 Å². The number of fused-ring (bicyclic) bond motifs is 2. The van der Waals surface area contributed by atoms with Gasteiger partial charge >= 0.3 is 0 Å². The molecule has 146 valence electrons. The highest BCUT2D eigenvalue weighted by Crippen LogP contribution is 2.35. The van der Waals surface area contributed by atoms with Gasteiger partial charge in [0.1, 0.15) is 5.82 Å². The van der Waals surface area contributed by atoms with Crippen molar-refractivity contribution in [3.05, 3.63) is 98.5 Å². The zero-order valence-electron chi connectivity index (χ0n) is 16.0. The number of anilines is 1. The first-order valence-electron chi connectivity index (χ1n) is 9.44. The van der Waals surface area contributed by atoms with Crippen molar-refractivity contribution in [3.63, 3.8) is 0 Å². The fourth-order valence-corrected chi connectivity index (χ4v) is 4.09. The van der Waals surface area contributed by atoms with Crippen LogP contribution in [0.1, 0.15) is 17.0 Å². The van der Waals surface area contributed by atoms with Crippen LogP contribution in [0.4, 0.5) is 5.69 Å². The maximum absolute atomic E-state index is 13.4. The Balaban J connectivity index is 1.84. The predicted molar refractivity (Wildman–Crippen MR) is 123 cm³/mol. The third-order valence-corrected chi connectivity index (χ3v) is 5.69. The first kappa shape index (κ1) is 18.5. The number of nitrogens with one attached hydrogen (secondary N) is 1. The van der Waals surface area contributed by atoms with Gasteiger partial charge in [0, 0.05) is 15.7 Å². The second kappa shape index (κ2) is 7.07. The number of benzene rings is 3. The lowest BCUT2D eigenvalue weighted by molar-refractivity contribution is -0.110. The Kier molecular flexibility index (Phi) is 4.37. The van der Waals surface area contributed by atoms with E-state index in [9.17, 15) is 9.59 Å². The Morgan fingerprint density at radius 3 is 2.60 bits per heavy atom. The summed E-state index contributed by atoms with van der Waals surface area (Å²) in [6.07, 6.45) is 1.69. The van der Waals surface area contributed by atoms with Crippen LogP contribution in [0.3, 0.4) is 0 Å². The van der Waals surface area contributed by atoms with Crippen LogP contribution in [0.25, 0.3) is 28.2 Å². The Labute approximate surface area is 180 Å². The number of rotatable bonds is 2. The first-order chi connectivity index (χ1) is 14.5. The maximum Gasteiger partial charge on any atom is 0.266 e. The molecule has 0 bridgehead atoms. The van der Waals surface area contributed by atoms with E-state index in [0.29, 0.717) is 22.3 Å². The van der Waals surface area contributed by atoms with Gasteiger partial charge in [-0.25, -0.2) is 4.98 Å². The number of aromatic nitrogens is 2. The van der Waals surface area contributed by atoms with E-state index >= 15 is 0 Å². The van der Waals surface area contributed by atoms with E-state index < -0.39 is 0 Å². The van der Waals surface area contributed by atoms with Gasteiger partial charge in [-0.15, -0.1) is 0 Å². The molecule has 2 heterocycles. The Morgan fingerprint density at radius 2 is 1.77 bits per heavy atom. The molecule has 0 radical (unpaired) electrons. The number of halogens is 1. The van der Waals surface area contributed by atoms with Crippen LogP contribution in [-0.2, 0) is 4.79 Å². The average Bonchev–Trinajstić information content (AvgIpc) is 3.04. The number of para-hydroxylation sites is 2. The van der Waals surface area contributed by atoms with Gasteiger partial charge in [-0.1, -0.05) is 46.3 Å². The molecular formula is C24H16BrN3O2. The molecule has 5 nitrogen and oxygen atoms in total. The Morgan fingerprint density at radius 1 is 1.00 bits per heavy atom. The van der Waals surface area contributed by atoms with E-state index in [1.807, 2.05) is 61.5 Å². The van der Waals surface area contributed by atoms with Gasteiger partial charge in [0.15, 0.2) is 0 Å². The summed E-state index contributed by atoms with van der Waals surface area (Å²) in [5.41, 5.74) is 4.07. The van der Waals surface area contributed by atoms with Crippen molar-refractivity contribution in [1.29, 1.82) is 0 Å². The van der Waals surface area contributed by atoms with Gasteiger partial charge in [-0.2, -0.15) is 0 Å². The van der Waals surface area contributed by atoms with Crippen LogP contribution in [0.5, 0.6) is 0 Å². The summed E-state index contributed by atoms with van der Waals surface area (Å²) in [6.45, 7) is 1.95. The van der Waals surface area contributed by atoms with Crippen molar-refractivity contribution < 1.29 is 4.79 Å². The molecule has 1 aliphatic rings. The number of nitrogens with zero attached hydrogens (tertiary/aromatic N) is 2. The summed E-state index contributed by atoms with van der Waals surface area (Å²) in [6, 6.07) is 20.5. The Bertz CT molecular complexity index is 1440. The molecule has 0 spiro atoms. The third kappa shape index (κ3) is 2.97. The van der Waals surface area contributed by atoms with Crippen molar-refractivity contribution in [2.45, 2.75) is 6.92 Å². The smallest absolute Gasteiger partial charge is 0.266 e. The van der Waals surface area contributed by atoms with Gasteiger partial charge in [-0.3, -0.25) is 14.2 Å². The van der Waals surface area contributed by atoms with Crippen molar-refractivity contribution >= 4 is 50.1 Å². The van der Waals surface area contributed by atoms with Gasteiger partial charge in [0.25, 0.3) is 11.5 Å². The summed E-state index contributed by atoms with van der Waals surface area (Å²) >= 11 is 3.47. The molecule has 30 heavy (non-hydrogen) atoms. The lowest BCUT2D eigenvalue weighted by Crippen LogP contribution is -2.23. The first-order valence-corrected chi connectivity index (χ1v) is 10.2. The molecule has 0 aliphatic carbocycles. The van der Waals surface area contributed by atoms with Crippen LogP contribution in [0.15, 0.2) is 76.0 Å². The lowest BCUT2D eigenvalue weighted by atomic mass is 10.1. The molecule has 3 aromatic carbocycles. The van der Waals surface area contributed by atoms with E-state index in [1.54, 1.807) is 22.8 Å². The maximum atomic E-state index is 13.4. The second-order valence-corrected chi connectivity index (χ2v) is 8.03. The van der Waals surface area contributed by atoms with E-state index in [2.05, 4.69) is 21.2 Å². The van der Waals surface area contributed by atoms with Crippen molar-refractivity contribution in [2.75, 3.05) is 5.32 Å². The largest absolute Gasteiger partial charge is 0.321 e. The minimum atomic E-state index is -0.221. The van der Waals surface area contributed by atoms with E-state index in [4.69, 9.17) is 4.98 Å². The molecule has 0 unspecified atom stereocenters. The van der Waals surface area contributed by atoms with Gasteiger partial charge in [-0.05, 0) is 55.0 Å². The summed E-state index contributed by atoms with van der Waals surface area (Å²) in [7, 11) is 0. The van der Waals surface area contributed by atoms with E-state index in [0.717, 1.165) is 27.0 Å². The summed E-state index contributed by atoms with van der Waals surface area (Å²) in [5, 5.41) is 3.40. The molecule has 0 atom stereocenters. The quantitative estimate of drug-likeness (QED) is 0.433. The number of hydrogen-bond donors (Lipinski definition) is 1. The molecule has 5 rings (SSSR count). The molecule has 0 saturated carbocycles. The second-order valence-electron chi connectivity index (χ2n) is 7.12. The van der Waals surface area contributed by atoms with E-state index in [-0.39, 0.29) is 11.5 Å². The predicted octanol–water partition coefficient (Wildman–Crippen LogP) is 4.95. The molecule has 0 saturated heterocycles. The van der Waals surface area contributed by atoms with Crippen molar-refractivity contribution in [3.8, 4) is 5.69 Å². The molecule has 4 aromatic rings. The number of amides is 1. The number of carbonyl (C=O) groups excluding carboxylic acids is 1. The highest BCUT2D eigenvalue weighted by atomic mass is 79.9. The summed E-state index contributed by atoms with van der Waals surface area (Å²) in [5.74, 6) is 0.188. The van der Waals surface area contributed by atoms with Crippen LogP contribution < -0.4 is 10.9 Å². The fraction of sp³-hybridized carbons (Fsp3) is 0.0417. The molecule has 6 heteroatoms. The average molecular weight is 458 g/mol. The molecule has 1 aliphatic heterocycles. The SMILES string of the molecule is Cc1ccccc1-n1c(C=C2C(=O)Nc3ccc(Br)cc32)nc2ccccc2c1=O. The highest BCUT2D eigenvalue weighted by molar-refractivity contribution is 9.10. The van der Waals surface area contributed by atoms with Crippen LogP contribution in [0.2, 0.25) is 0 Å². The minimum absolute atomic E-state index is 0.172. The van der Waals surface area contributed by atoms with Crippen LogP contribution >= 0.6 is 15.9 Å². The van der Waals surface area contributed by atoms with Gasteiger partial charge in [0.05, 0.1) is 22.2 Å². The molecular weight excluding hydrogens is 442 g/mol. The monoisotopic (exact) mass is 457 g/mol. The number of aryl methyl sites for hydroxylation is 1. The lowest BCUT2D eigenvalue weighted by Gasteiger charge is -2.14. The summed E-state index contributed by atoms with van der Waals surface area (Å²) in [4.78, 5) is 30.9. The van der Waals surface area contributed by atoms with Crippen molar-refractivity contribution in [1.82, 2.24) is 9.55 Å². The molecule has 0 fully saturated rings. The van der Waals surface area contributed by atoms with Gasteiger partial charge in [0.2, 0.25) is 0 Å². The normalized spacial score (nSPS) is 14.2. The minimum Gasteiger partial charge on any atom is -0.321 e. The van der Waals surface area contributed by atoms with E-state index in [1.165, 1.54) is 0 Å². The summed E-state index contributed by atoms with van der Waals surface area (Å²) < 4.78 is 2.44.